The van der Waals surface area contributed by atoms with Crippen LogP contribution in [0.2, 0.25) is 0 Å². The summed E-state index contributed by atoms with van der Waals surface area (Å²) in [7, 11) is -3.29. The molecular weight excluding hydrogens is 314 g/mol. The summed E-state index contributed by atoms with van der Waals surface area (Å²) in [5.74, 6) is 0. The van der Waals surface area contributed by atoms with Crippen molar-refractivity contribution in [2.75, 3.05) is 4.72 Å². The smallest absolute Gasteiger partial charge is 0.235 e. The molecule has 5 heteroatoms. The Morgan fingerprint density at radius 3 is 2.33 bits per heavy atom. The lowest BCUT2D eigenvalue weighted by atomic mass is 10.1. The third-order valence-electron chi connectivity index (χ3n) is 2.68. The number of benzene rings is 2. The summed E-state index contributed by atoms with van der Waals surface area (Å²) in [6.07, 6.45) is 0. The largest absolute Gasteiger partial charge is 0.283 e. The fourth-order valence-electron chi connectivity index (χ4n) is 1.56. The molecule has 0 fully saturated rings. The molecule has 0 saturated carbocycles. The van der Waals surface area contributed by atoms with E-state index in [9.17, 15) is 8.42 Å². The second kappa shape index (κ2) is 4.90. The molecule has 96 valence electrons. The molecule has 18 heavy (non-hydrogen) atoms. The molecule has 0 aromatic heterocycles. The molecule has 0 aliphatic rings. The molecule has 2 rings (SSSR count). The van der Waals surface area contributed by atoms with E-state index < -0.39 is 15.3 Å². The van der Waals surface area contributed by atoms with Gasteiger partial charge in [0.1, 0.15) is 0 Å². The van der Waals surface area contributed by atoms with E-state index in [1.807, 2.05) is 30.3 Å². The SMILES string of the molecule is CC(C)S(=O)(=O)Nc1ccc2cc(Br)ccc2c1. The van der Waals surface area contributed by atoms with Crippen LogP contribution in [0, 0.1) is 0 Å². The molecule has 0 spiro atoms. The Morgan fingerprint density at radius 1 is 1.06 bits per heavy atom. The maximum atomic E-state index is 11.8. The van der Waals surface area contributed by atoms with E-state index in [1.165, 1.54) is 0 Å². The quantitative estimate of drug-likeness (QED) is 0.933. The van der Waals surface area contributed by atoms with Gasteiger partial charge < -0.3 is 0 Å². The second-order valence-electron chi connectivity index (χ2n) is 4.40. The van der Waals surface area contributed by atoms with Crippen molar-refractivity contribution in [1.82, 2.24) is 0 Å². The number of anilines is 1. The predicted octanol–water partition coefficient (Wildman–Crippen LogP) is 3.75. The molecule has 0 heterocycles. The third-order valence-corrected chi connectivity index (χ3v) is 4.94. The molecule has 0 atom stereocenters. The molecule has 1 N–H and O–H groups in total. The fourth-order valence-corrected chi connectivity index (χ4v) is 2.63. The predicted molar refractivity (Wildman–Crippen MR) is 79.3 cm³/mol. The van der Waals surface area contributed by atoms with Gasteiger partial charge in [-0.25, -0.2) is 8.42 Å². The van der Waals surface area contributed by atoms with Crippen LogP contribution in [0.5, 0.6) is 0 Å². The zero-order chi connectivity index (χ0) is 13.3. The number of fused-ring (bicyclic) bond motifs is 1. The second-order valence-corrected chi connectivity index (χ2v) is 7.55. The Kier molecular flexibility index (Phi) is 3.64. The molecule has 0 bridgehead atoms. The van der Waals surface area contributed by atoms with E-state index >= 15 is 0 Å². The van der Waals surface area contributed by atoms with E-state index in [-0.39, 0.29) is 0 Å². The minimum Gasteiger partial charge on any atom is -0.283 e. The minimum atomic E-state index is -3.29. The monoisotopic (exact) mass is 327 g/mol. The molecule has 2 aromatic carbocycles. The van der Waals surface area contributed by atoms with Crippen LogP contribution in [0.25, 0.3) is 10.8 Å². The van der Waals surface area contributed by atoms with Gasteiger partial charge in [0.25, 0.3) is 0 Å². The summed E-state index contributed by atoms with van der Waals surface area (Å²) in [5, 5.41) is 1.62. The van der Waals surface area contributed by atoms with E-state index in [4.69, 9.17) is 0 Å². The molecule has 3 nitrogen and oxygen atoms in total. The Bertz CT molecular complexity index is 680. The number of sulfonamides is 1. The lowest BCUT2D eigenvalue weighted by Crippen LogP contribution is -2.22. The maximum absolute atomic E-state index is 11.8. The lowest BCUT2D eigenvalue weighted by Gasteiger charge is -2.11. The van der Waals surface area contributed by atoms with Crippen molar-refractivity contribution < 1.29 is 8.42 Å². The van der Waals surface area contributed by atoms with Crippen molar-refractivity contribution in [1.29, 1.82) is 0 Å². The van der Waals surface area contributed by atoms with Crippen LogP contribution in [0.1, 0.15) is 13.8 Å². The van der Waals surface area contributed by atoms with Gasteiger partial charge >= 0.3 is 0 Å². The number of halogens is 1. The highest BCUT2D eigenvalue weighted by Crippen LogP contribution is 2.23. The van der Waals surface area contributed by atoms with Crippen LogP contribution >= 0.6 is 15.9 Å². The normalized spacial score (nSPS) is 12.0. The maximum Gasteiger partial charge on any atom is 0.235 e. The summed E-state index contributed by atoms with van der Waals surface area (Å²) in [6, 6.07) is 11.4. The Labute approximate surface area is 115 Å². The van der Waals surface area contributed by atoms with E-state index in [2.05, 4.69) is 20.7 Å². The van der Waals surface area contributed by atoms with E-state index in [0.29, 0.717) is 5.69 Å². The summed E-state index contributed by atoms with van der Waals surface area (Å²) in [5.41, 5.74) is 0.596. The van der Waals surface area contributed by atoms with Crippen LogP contribution in [-0.2, 0) is 10.0 Å². The number of rotatable bonds is 3. The lowest BCUT2D eigenvalue weighted by molar-refractivity contribution is 0.593. The Hall–Kier alpha value is -1.07. The molecule has 0 radical (unpaired) electrons. The van der Waals surface area contributed by atoms with Crippen molar-refractivity contribution in [3.05, 3.63) is 40.9 Å². The van der Waals surface area contributed by atoms with E-state index in [1.54, 1.807) is 19.9 Å². The van der Waals surface area contributed by atoms with Gasteiger partial charge in [-0.1, -0.05) is 28.1 Å². The van der Waals surface area contributed by atoms with Gasteiger partial charge in [0.2, 0.25) is 10.0 Å². The first-order valence-corrected chi connectivity index (χ1v) is 7.93. The highest BCUT2D eigenvalue weighted by Gasteiger charge is 2.15. The van der Waals surface area contributed by atoms with Gasteiger partial charge in [0.15, 0.2) is 0 Å². The number of hydrogen-bond acceptors (Lipinski definition) is 2. The van der Waals surface area contributed by atoms with Crippen LogP contribution in [0.3, 0.4) is 0 Å². The van der Waals surface area contributed by atoms with Gasteiger partial charge in [-0.05, 0) is 48.9 Å². The molecule has 0 saturated heterocycles. The van der Waals surface area contributed by atoms with Crippen LogP contribution in [0.15, 0.2) is 40.9 Å². The zero-order valence-electron chi connectivity index (χ0n) is 10.1. The highest BCUT2D eigenvalue weighted by atomic mass is 79.9. The average Bonchev–Trinajstić information content (AvgIpc) is 2.28. The highest BCUT2D eigenvalue weighted by molar-refractivity contribution is 9.10. The van der Waals surface area contributed by atoms with E-state index in [0.717, 1.165) is 15.2 Å². The first-order chi connectivity index (χ1) is 8.38. The summed E-state index contributed by atoms with van der Waals surface area (Å²) in [6.45, 7) is 3.31. The summed E-state index contributed by atoms with van der Waals surface area (Å²) >= 11 is 3.41. The summed E-state index contributed by atoms with van der Waals surface area (Å²) < 4.78 is 27.1. The zero-order valence-corrected chi connectivity index (χ0v) is 12.5. The number of nitrogens with one attached hydrogen (secondary N) is 1. The molecular formula is C13H14BrNO2S. The standard InChI is InChI=1S/C13H14BrNO2S/c1-9(2)18(16,17)15-13-6-4-10-7-12(14)5-3-11(10)8-13/h3-9,15H,1-2H3. The molecule has 0 aliphatic heterocycles. The van der Waals surface area contributed by atoms with Crippen LogP contribution in [-0.4, -0.2) is 13.7 Å². The molecule has 0 aliphatic carbocycles. The molecule has 0 amide bonds. The van der Waals surface area contributed by atoms with Crippen molar-refractivity contribution in [2.24, 2.45) is 0 Å². The minimum absolute atomic E-state index is 0.446. The van der Waals surface area contributed by atoms with Crippen molar-refractivity contribution in [3.8, 4) is 0 Å². The Balaban J connectivity index is 2.40. The number of hydrogen-bond donors (Lipinski definition) is 1. The van der Waals surface area contributed by atoms with Gasteiger partial charge in [0.05, 0.1) is 5.25 Å². The van der Waals surface area contributed by atoms with Gasteiger partial charge in [-0.15, -0.1) is 0 Å². The van der Waals surface area contributed by atoms with Crippen LogP contribution in [0.4, 0.5) is 5.69 Å². The molecule has 0 unspecified atom stereocenters. The molecule has 2 aromatic rings. The summed E-state index contributed by atoms with van der Waals surface area (Å²) in [4.78, 5) is 0. The fraction of sp³-hybridized carbons (Fsp3) is 0.231. The van der Waals surface area contributed by atoms with Crippen molar-refractivity contribution in [2.45, 2.75) is 19.1 Å². The van der Waals surface area contributed by atoms with Crippen molar-refractivity contribution >= 4 is 42.4 Å². The van der Waals surface area contributed by atoms with Crippen LogP contribution < -0.4 is 4.72 Å². The average molecular weight is 328 g/mol. The van der Waals surface area contributed by atoms with Crippen molar-refractivity contribution in [3.63, 3.8) is 0 Å². The van der Waals surface area contributed by atoms with Gasteiger partial charge in [-0.3, -0.25) is 4.72 Å². The topological polar surface area (TPSA) is 46.2 Å². The van der Waals surface area contributed by atoms with Gasteiger partial charge in [0, 0.05) is 10.2 Å². The first-order valence-electron chi connectivity index (χ1n) is 5.59. The Morgan fingerprint density at radius 2 is 1.67 bits per heavy atom. The first kappa shape index (κ1) is 13.4. The third kappa shape index (κ3) is 2.84. The van der Waals surface area contributed by atoms with Gasteiger partial charge in [-0.2, -0.15) is 0 Å².